The van der Waals surface area contributed by atoms with Crippen LogP contribution in [0.3, 0.4) is 0 Å². The number of ether oxygens (including phenoxy) is 1. The second kappa shape index (κ2) is 7.53. The quantitative estimate of drug-likeness (QED) is 0.873. The normalized spacial score (nSPS) is 14.4. The molecule has 0 bridgehead atoms. The van der Waals surface area contributed by atoms with Crippen molar-refractivity contribution in [2.24, 2.45) is 0 Å². The number of halogens is 1. The van der Waals surface area contributed by atoms with Gasteiger partial charge < -0.3 is 19.9 Å². The van der Waals surface area contributed by atoms with Crippen LogP contribution in [0.25, 0.3) is 0 Å². The van der Waals surface area contributed by atoms with E-state index in [2.05, 4.69) is 31.1 Å². The molecule has 1 N–H and O–H groups in total. The number of methoxy groups -OCH3 is 1. The van der Waals surface area contributed by atoms with E-state index in [1.165, 1.54) is 0 Å². The van der Waals surface area contributed by atoms with Crippen LogP contribution in [0.2, 0.25) is 0 Å². The number of urea groups is 1. The molecule has 2 heterocycles. The highest BCUT2D eigenvalue weighted by atomic mass is 79.9. The summed E-state index contributed by atoms with van der Waals surface area (Å²) < 4.78 is 6.13. The van der Waals surface area contributed by atoms with Crippen LogP contribution in [-0.4, -0.2) is 49.2 Å². The Bertz CT molecular complexity index is 700. The number of rotatable bonds is 3. The number of pyridine rings is 1. The maximum absolute atomic E-state index is 12.4. The first-order valence-corrected chi connectivity index (χ1v) is 8.51. The lowest BCUT2D eigenvalue weighted by Gasteiger charge is -2.35. The number of amides is 2. The first-order chi connectivity index (χ1) is 11.7. The van der Waals surface area contributed by atoms with Gasteiger partial charge in [-0.15, -0.1) is 0 Å². The predicted octanol–water partition coefficient (Wildman–Crippen LogP) is 3.21. The Balaban J connectivity index is 1.55. The molecule has 126 valence electrons. The molecule has 1 aliphatic heterocycles. The minimum absolute atomic E-state index is 0.0910. The lowest BCUT2D eigenvalue weighted by atomic mass is 10.3. The zero-order valence-corrected chi connectivity index (χ0v) is 15.0. The Morgan fingerprint density at radius 3 is 2.67 bits per heavy atom. The van der Waals surface area contributed by atoms with Crippen molar-refractivity contribution in [1.82, 2.24) is 9.88 Å². The molecule has 6 nitrogen and oxygen atoms in total. The van der Waals surface area contributed by atoms with Crippen molar-refractivity contribution in [3.05, 3.63) is 47.1 Å². The molecule has 0 unspecified atom stereocenters. The van der Waals surface area contributed by atoms with Gasteiger partial charge in [0.1, 0.15) is 11.6 Å². The van der Waals surface area contributed by atoms with E-state index in [1.807, 2.05) is 35.2 Å². The number of benzene rings is 1. The van der Waals surface area contributed by atoms with Gasteiger partial charge in [0.05, 0.1) is 7.11 Å². The lowest BCUT2D eigenvalue weighted by Crippen LogP contribution is -2.50. The average molecular weight is 391 g/mol. The van der Waals surface area contributed by atoms with Crippen LogP contribution in [0.15, 0.2) is 47.1 Å². The highest BCUT2D eigenvalue weighted by Gasteiger charge is 2.22. The van der Waals surface area contributed by atoms with Gasteiger partial charge in [-0.05, 0) is 40.2 Å². The molecule has 3 rings (SSSR count). The summed E-state index contributed by atoms with van der Waals surface area (Å²) >= 11 is 3.39. The topological polar surface area (TPSA) is 57.7 Å². The van der Waals surface area contributed by atoms with Gasteiger partial charge in [0.15, 0.2) is 0 Å². The van der Waals surface area contributed by atoms with E-state index in [9.17, 15) is 4.79 Å². The van der Waals surface area contributed by atoms with Gasteiger partial charge in [-0.2, -0.15) is 0 Å². The maximum atomic E-state index is 12.4. The summed E-state index contributed by atoms with van der Waals surface area (Å²) in [6.07, 6.45) is 1.79. The number of anilines is 2. The van der Waals surface area contributed by atoms with Gasteiger partial charge in [0, 0.05) is 48.6 Å². The van der Waals surface area contributed by atoms with Crippen molar-refractivity contribution in [2.45, 2.75) is 0 Å². The molecule has 24 heavy (non-hydrogen) atoms. The summed E-state index contributed by atoms with van der Waals surface area (Å²) in [5.74, 6) is 1.66. The fraction of sp³-hybridized carbons (Fsp3) is 0.294. The Morgan fingerprint density at radius 1 is 1.21 bits per heavy atom. The van der Waals surface area contributed by atoms with E-state index < -0.39 is 0 Å². The largest absolute Gasteiger partial charge is 0.497 e. The average Bonchev–Trinajstić information content (AvgIpc) is 2.62. The van der Waals surface area contributed by atoms with Crippen LogP contribution in [-0.2, 0) is 0 Å². The van der Waals surface area contributed by atoms with E-state index in [4.69, 9.17) is 4.74 Å². The fourth-order valence-electron chi connectivity index (χ4n) is 2.60. The summed E-state index contributed by atoms with van der Waals surface area (Å²) in [7, 11) is 1.61. The summed E-state index contributed by atoms with van der Waals surface area (Å²) in [5, 5.41) is 2.92. The number of hydrogen-bond donors (Lipinski definition) is 1. The Morgan fingerprint density at radius 2 is 2.00 bits per heavy atom. The zero-order chi connectivity index (χ0) is 16.9. The van der Waals surface area contributed by atoms with Gasteiger partial charge in [0.25, 0.3) is 0 Å². The first-order valence-electron chi connectivity index (χ1n) is 7.72. The number of carbonyl (C=O) groups excluding carboxylic acids is 1. The van der Waals surface area contributed by atoms with Crippen molar-refractivity contribution in [1.29, 1.82) is 0 Å². The smallest absolute Gasteiger partial charge is 0.321 e. The third kappa shape index (κ3) is 3.97. The number of carbonyl (C=O) groups is 1. The Labute approximate surface area is 149 Å². The van der Waals surface area contributed by atoms with Gasteiger partial charge in [-0.25, -0.2) is 9.78 Å². The first kappa shape index (κ1) is 16.6. The number of nitrogens with one attached hydrogen (secondary N) is 1. The van der Waals surface area contributed by atoms with Crippen molar-refractivity contribution in [3.8, 4) is 5.75 Å². The minimum atomic E-state index is -0.0910. The summed E-state index contributed by atoms with van der Waals surface area (Å²) in [5.41, 5.74) is 0.733. The number of piperazine rings is 1. The highest BCUT2D eigenvalue weighted by molar-refractivity contribution is 9.10. The van der Waals surface area contributed by atoms with Crippen molar-refractivity contribution in [2.75, 3.05) is 43.5 Å². The SMILES string of the molecule is COc1cccc(NC(=O)N2CCN(c3ccc(Br)cn3)CC2)c1. The van der Waals surface area contributed by atoms with Crippen LogP contribution in [0, 0.1) is 0 Å². The minimum Gasteiger partial charge on any atom is -0.497 e. The number of hydrogen-bond acceptors (Lipinski definition) is 4. The lowest BCUT2D eigenvalue weighted by molar-refractivity contribution is 0.208. The molecule has 0 atom stereocenters. The van der Waals surface area contributed by atoms with E-state index in [0.29, 0.717) is 13.1 Å². The van der Waals surface area contributed by atoms with E-state index in [0.717, 1.165) is 34.8 Å². The molecule has 1 aromatic carbocycles. The molecule has 1 aliphatic rings. The Kier molecular flexibility index (Phi) is 5.20. The molecule has 0 radical (unpaired) electrons. The van der Waals surface area contributed by atoms with Gasteiger partial charge >= 0.3 is 6.03 Å². The van der Waals surface area contributed by atoms with Gasteiger partial charge in [-0.3, -0.25) is 0 Å². The van der Waals surface area contributed by atoms with Crippen LogP contribution >= 0.6 is 15.9 Å². The second-order valence-corrected chi connectivity index (χ2v) is 6.39. The predicted molar refractivity (Wildman–Crippen MR) is 97.7 cm³/mol. The molecular formula is C17H19BrN4O2. The molecule has 0 aliphatic carbocycles. The molecule has 1 saturated heterocycles. The van der Waals surface area contributed by atoms with E-state index in [1.54, 1.807) is 19.4 Å². The van der Waals surface area contributed by atoms with Gasteiger partial charge in [0.2, 0.25) is 0 Å². The zero-order valence-electron chi connectivity index (χ0n) is 13.4. The van der Waals surface area contributed by atoms with Crippen molar-refractivity contribution in [3.63, 3.8) is 0 Å². The maximum Gasteiger partial charge on any atom is 0.321 e. The third-order valence-electron chi connectivity index (χ3n) is 3.92. The molecular weight excluding hydrogens is 372 g/mol. The highest BCUT2D eigenvalue weighted by Crippen LogP contribution is 2.19. The molecule has 7 heteroatoms. The molecule has 0 spiro atoms. The molecule has 0 saturated carbocycles. The monoisotopic (exact) mass is 390 g/mol. The standard InChI is InChI=1S/C17H19BrN4O2/c1-24-15-4-2-3-14(11-15)20-17(23)22-9-7-21(8-10-22)16-6-5-13(18)12-19-16/h2-6,11-12H,7-10H2,1H3,(H,20,23). The van der Waals surface area contributed by atoms with Crippen LogP contribution in [0.1, 0.15) is 0 Å². The van der Waals surface area contributed by atoms with Crippen molar-refractivity contribution < 1.29 is 9.53 Å². The summed E-state index contributed by atoms with van der Waals surface area (Å²) in [4.78, 5) is 20.8. The summed E-state index contributed by atoms with van der Waals surface area (Å²) in [6.45, 7) is 2.85. The number of aromatic nitrogens is 1. The van der Waals surface area contributed by atoms with Crippen molar-refractivity contribution >= 4 is 33.5 Å². The fourth-order valence-corrected chi connectivity index (χ4v) is 2.83. The van der Waals surface area contributed by atoms with Gasteiger partial charge in [-0.1, -0.05) is 6.07 Å². The molecule has 2 amide bonds. The number of nitrogens with zero attached hydrogens (tertiary/aromatic N) is 3. The molecule has 1 fully saturated rings. The van der Waals surface area contributed by atoms with Crippen LogP contribution in [0.5, 0.6) is 5.75 Å². The molecule has 1 aromatic heterocycles. The van der Waals surface area contributed by atoms with E-state index in [-0.39, 0.29) is 6.03 Å². The van der Waals surface area contributed by atoms with Crippen LogP contribution < -0.4 is 15.0 Å². The molecule has 2 aromatic rings. The van der Waals surface area contributed by atoms with E-state index >= 15 is 0 Å². The second-order valence-electron chi connectivity index (χ2n) is 5.47. The van der Waals surface area contributed by atoms with Crippen LogP contribution in [0.4, 0.5) is 16.3 Å². The Hall–Kier alpha value is -2.28. The summed E-state index contributed by atoms with van der Waals surface area (Å²) in [6, 6.07) is 11.2. The third-order valence-corrected chi connectivity index (χ3v) is 4.39.